The second-order valence-electron chi connectivity index (χ2n) is 12.1. The lowest BCUT2D eigenvalue weighted by atomic mass is 9.94. The molecule has 1 aliphatic heterocycles. The predicted molar refractivity (Wildman–Crippen MR) is 153 cm³/mol. The second-order valence-corrected chi connectivity index (χ2v) is 12.1. The van der Waals surface area contributed by atoms with E-state index < -0.39 is 18.0 Å². The smallest absolute Gasteiger partial charge is 0.255 e. The van der Waals surface area contributed by atoms with E-state index in [4.69, 9.17) is 9.15 Å². The van der Waals surface area contributed by atoms with Crippen molar-refractivity contribution in [3.8, 4) is 5.75 Å². The topological polar surface area (TPSA) is 117 Å². The fraction of sp³-hybridized carbons (Fsp3) is 0.600. The average Bonchev–Trinajstić information content (AvgIpc) is 3.40. The third-order valence-electron chi connectivity index (χ3n) is 7.02. The van der Waals surface area contributed by atoms with Crippen molar-refractivity contribution in [2.45, 2.75) is 85.0 Å². The van der Waals surface area contributed by atoms with Crippen molar-refractivity contribution < 1.29 is 23.5 Å². The van der Waals surface area contributed by atoms with Crippen molar-refractivity contribution >= 4 is 17.7 Å². The van der Waals surface area contributed by atoms with Gasteiger partial charge in [0.05, 0.1) is 11.8 Å². The van der Waals surface area contributed by atoms with Gasteiger partial charge < -0.3 is 29.6 Å². The molecule has 2 N–H and O–H groups in total. The highest BCUT2D eigenvalue weighted by Gasteiger charge is 2.38. The van der Waals surface area contributed by atoms with Crippen LogP contribution in [0.3, 0.4) is 0 Å². The summed E-state index contributed by atoms with van der Waals surface area (Å²) < 4.78 is 11.8. The van der Waals surface area contributed by atoms with Gasteiger partial charge in [-0.05, 0) is 38.3 Å². The number of amides is 3. The van der Waals surface area contributed by atoms with E-state index in [1.165, 1.54) is 0 Å². The van der Waals surface area contributed by atoms with Crippen LogP contribution in [0.1, 0.15) is 76.9 Å². The van der Waals surface area contributed by atoms with Crippen molar-refractivity contribution in [3.63, 3.8) is 0 Å². The molecule has 220 valence electrons. The summed E-state index contributed by atoms with van der Waals surface area (Å²) in [7, 11) is 1.75. The highest BCUT2D eigenvalue weighted by molar-refractivity contribution is 6.00. The minimum atomic E-state index is -0.792. The van der Waals surface area contributed by atoms with Gasteiger partial charge in [-0.1, -0.05) is 46.8 Å². The lowest BCUT2D eigenvalue weighted by Gasteiger charge is -2.40. The summed E-state index contributed by atoms with van der Waals surface area (Å²) >= 11 is 0. The number of aromatic nitrogens is 1. The van der Waals surface area contributed by atoms with Crippen LogP contribution >= 0.6 is 0 Å². The Kier molecular flexibility index (Phi) is 10.4. The molecule has 0 saturated carbocycles. The molecule has 2 aromatic rings. The highest BCUT2D eigenvalue weighted by atomic mass is 16.5. The van der Waals surface area contributed by atoms with E-state index in [0.29, 0.717) is 43.3 Å². The van der Waals surface area contributed by atoms with E-state index in [2.05, 4.69) is 15.6 Å². The Morgan fingerprint density at radius 2 is 1.90 bits per heavy atom. The fourth-order valence-corrected chi connectivity index (χ4v) is 4.45. The summed E-state index contributed by atoms with van der Waals surface area (Å²) in [6.45, 7) is 15.4. The first-order valence-corrected chi connectivity index (χ1v) is 14.0. The number of nitrogens with zero attached hydrogens (tertiary/aromatic N) is 3. The number of ether oxygens (including phenoxy) is 1. The lowest BCUT2D eigenvalue weighted by Crippen LogP contribution is -2.63. The minimum Gasteiger partial charge on any atom is -0.483 e. The lowest BCUT2D eigenvalue weighted by molar-refractivity contribution is -0.148. The average molecular weight is 556 g/mol. The Bertz CT molecular complexity index is 1170. The maximum absolute atomic E-state index is 13.8. The molecule has 0 spiro atoms. The van der Waals surface area contributed by atoms with Crippen molar-refractivity contribution in [2.75, 3.05) is 26.7 Å². The van der Waals surface area contributed by atoms with Crippen LogP contribution in [-0.4, -0.2) is 77.3 Å². The van der Waals surface area contributed by atoms with E-state index in [-0.39, 0.29) is 35.8 Å². The molecule has 1 fully saturated rings. The van der Waals surface area contributed by atoms with Crippen LogP contribution in [0.15, 0.2) is 34.9 Å². The molecule has 2 heterocycles. The second kappa shape index (κ2) is 13.3. The summed E-state index contributed by atoms with van der Waals surface area (Å²) in [5.41, 5.74) is 0.123. The maximum atomic E-state index is 13.8. The molecule has 1 aromatic carbocycles. The molecule has 1 aromatic heterocycles. The van der Waals surface area contributed by atoms with Crippen LogP contribution in [0.5, 0.6) is 5.75 Å². The number of carbonyl (C=O) groups is 3. The van der Waals surface area contributed by atoms with E-state index in [1.54, 1.807) is 47.3 Å². The van der Waals surface area contributed by atoms with Crippen molar-refractivity contribution in [1.82, 2.24) is 25.4 Å². The Morgan fingerprint density at radius 1 is 1.20 bits per heavy atom. The standard InChI is InChI=1S/C30H45N5O5/c1-19(2)15-22(28(37)35-14-13-31-16-23(35)29(38)34(8)20(3)4)33-27(36)21-11-9-10-12-24(21)39-18-26-32-17-25(40-26)30(5,6)7/h9-12,17,19-20,22-23,31H,13-16,18H2,1-8H3,(H,33,36)/t22-,23-/m1/s1. The van der Waals surface area contributed by atoms with Crippen molar-refractivity contribution in [3.05, 3.63) is 47.7 Å². The summed E-state index contributed by atoms with van der Waals surface area (Å²) in [6, 6.07) is 5.47. The SMILES string of the molecule is CC(C)C[C@@H](NC(=O)c1ccccc1OCc1ncc(C(C)(C)C)o1)C(=O)N1CCNC[C@@H]1C(=O)N(C)C(C)C. The number of carbonyl (C=O) groups excluding carboxylic acids is 3. The van der Waals surface area contributed by atoms with E-state index in [0.717, 1.165) is 5.76 Å². The molecule has 3 rings (SSSR count). The summed E-state index contributed by atoms with van der Waals surface area (Å²) in [4.78, 5) is 48.1. The summed E-state index contributed by atoms with van der Waals surface area (Å²) in [5, 5.41) is 6.17. The molecule has 2 atom stereocenters. The van der Waals surface area contributed by atoms with Gasteiger partial charge in [0.2, 0.25) is 17.7 Å². The predicted octanol–water partition coefficient (Wildman–Crippen LogP) is 3.36. The van der Waals surface area contributed by atoms with Gasteiger partial charge in [0.1, 0.15) is 23.6 Å². The largest absolute Gasteiger partial charge is 0.483 e. The van der Waals surface area contributed by atoms with Crippen LogP contribution < -0.4 is 15.4 Å². The van der Waals surface area contributed by atoms with Crippen LogP contribution in [-0.2, 0) is 21.6 Å². The monoisotopic (exact) mass is 555 g/mol. The van der Waals surface area contributed by atoms with Gasteiger partial charge in [-0.15, -0.1) is 0 Å². The molecule has 0 unspecified atom stereocenters. The zero-order chi connectivity index (χ0) is 29.6. The van der Waals surface area contributed by atoms with Gasteiger partial charge >= 0.3 is 0 Å². The number of likely N-dealkylation sites (N-methyl/N-ethyl adjacent to an activating group) is 1. The van der Waals surface area contributed by atoms with Crippen molar-refractivity contribution in [1.29, 1.82) is 0 Å². The van der Waals surface area contributed by atoms with E-state index in [9.17, 15) is 14.4 Å². The highest BCUT2D eigenvalue weighted by Crippen LogP contribution is 2.25. The number of benzene rings is 1. The Balaban J connectivity index is 1.77. The van der Waals surface area contributed by atoms with Gasteiger partial charge in [-0.3, -0.25) is 14.4 Å². The Labute approximate surface area is 237 Å². The number of piperazine rings is 1. The molecule has 40 heavy (non-hydrogen) atoms. The number of nitrogens with one attached hydrogen (secondary N) is 2. The van der Waals surface area contributed by atoms with Gasteiger partial charge in [0.25, 0.3) is 5.91 Å². The molecule has 0 aliphatic carbocycles. The number of hydrogen-bond acceptors (Lipinski definition) is 7. The summed E-state index contributed by atoms with van der Waals surface area (Å²) in [6.07, 6.45) is 2.12. The van der Waals surface area contributed by atoms with E-state index >= 15 is 0 Å². The zero-order valence-corrected chi connectivity index (χ0v) is 25.1. The quantitative estimate of drug-likeness (QED) is 0.462. The van der Waals surface area contributed by atoms with Crippen molar-refractivity contribution in [2.24, 2.45) is 5.92 Å². The molecule has 0 radical (unpaired) electrons. The summed E-state index contributed by atoms with van der Waals surface area (Å²) in [5.74, 6) is 0.857. The molecule has 10 nitrogen and oxygen atoms in total. The molecule has 1 aliphatic rings. The maximum Gasteiger partial charge on any atom is 0.255 e. The van der Waals surface area contributed by atoms with Crippen LogP contribution in [0, 0.1) is 5.92 Å². The molecule has 1 saturated heterocycles. The Morgan fingerprint density at radius 3 is 2.52 bits per heavy atom. The third kappa shape index (κ3) is 7.84. The van der Waals surface area contributed by atoms with E-state index in [1.807, 2.05) is 48.5 Å². The molecular formula is C30H45N5O5. The van der Waals surface area contributed by atoms with Crippen LogP contribution in [0.4, 0.5) is 0 Å². The molecule has 0 bridgehead atoms. The zero-order valence-electron chi connectivity index (χ0n) is 25.1. The first kappa shape index (κ1) is 31.1. The fourth-order valence-electron chi connectivity index (χ4n) is 4.45. The Hall–Kier alpha value is -3.40. The molecule has 10 heteroatoms. The minimum absolute atomic E-state index is 0.00507. The molecule has 3 amide bonds. The van der Waals surface area contributed by atoms with Gasteiger partial charge in [0.15, 0.2) is 6.61 Å². The number of oxazole rings is 1. The van der Waals surface area contributed by atoms with Gasteiger partial charge in [-0.2, -0.15) is 0 Å². The van der Waals surface area contributed by atoms with Gasteiger partial charge in [-0.25, -0.2) is 4.98 Å². The third-order valence-corrected chi connectivity index (χ3v) is 7.02. The first-order valence-electron chi connectivity index (χ1n) is 14.0. The van der Waals surface area contributed by atoms with Crippen LogP contribution in [0.25, 0.3) is 0 Å². The van der Waals surface area contributed by atoms with Crippen LogP contribution in [0.2, 0.25) is 0 Å². The number of rotatable bonds is 10. The normalized spacial score (nSPS) is 16.6. The number of hydrogen-bond donors (Lipinski definition) is 2. The van der Waals surface area contributed by atoms with Gasteiger partial charge in [0, 0.05) is 38.1 Å². The first-order chi connectivity index (χ1) is 18.8. The molecular weight excluding hydrogens is 510 g/mol. The number of para-hydroxylation sites is 1.